The number of alkyl halides is 6. The average Bonchev–Trinajstić information content (AvgIpc) is 3.65. The summed E-state index contributed by atoms with van der Waals surface area (Å²) >= 11 is 6.95. The van der Waals surface area contributed by atoms with Gasteiger partial charge in [0.25, 0.3) is 0 Å². The van der Waals surface area contributed by atoms with Crippen LogP contribution in [0.4, 0.5) is 26.3 Å². The zero-order chi connectivity index (χ0) is 26.9. The van der Waals surface area contributed by atoms with Crippen molar-refractivity contribution >= 4 is 31.9 Å². The molecule has 0 nitrogen and oxygen atoms in total. The third-order valence-corrected chi connectivity index (χ3v) is 10.6. The summed E-state index contributed by atoms with van der Waals surface area (Å²) in [6.45, 7) is 0. The molecule has 0 heterocycles. The van der Waals surface area contributed by atoms with Gasteiger partial charge in [-0.05, 0) is 55.7 Å². The number of allylic oxidation sites excluding steroid dienone is 12. The van der Waals surface area contributed by atoms with Crippen LogP contribution in [0.3, 0.4) is 0 Å². The number of halogens is 8. The van der Waals surface area contributed by atoms with E-state index in [0.717, 1.165) is 64.7 Å². The molecule has 0 N–H and O–H groups in total. The Morgan fingerprint density at radius 3 is 0.632 bits per heavy atom. The molecule has 6 rings (SSSR count). The molecule has 206 valence electrons. The van der Waals surface area contributed by atoms with Gasteiger partial charge in [0.05, 0.1) is 0 Å². The summed E-state index contributed by atoms with van der Waals surface area (Å²) < 4.78 is 89.7. The first kappa shape index (κ1) is 27.2. The van der Waals surface area contributed by atoms with Gasteiger partial charge in [0, 0.05) is 86.0 Å². The van der Waals surface area contributed by atoms with E-state index in [1.165, 1.54) is 0 Å². The summed E-state index contributed by atoms with van der Waals surface area (Å²) in [5, 5.41) is 0. The molecule has 0 fully saturated rings. The van der Waals surface area contributed by atoms with E-state index in [0.29, 0.717) is 0 Å². The van der Waals surface area contributed by atoms with E-state index in [1.54, 1.807) is 0 Å². The summed E-state index contributed by atoms with van der Waals surface area (Å²) in [5.74, 6) is 0. The molecule has 8 heteroatoms. The molecule has 0 aromatic carbocycles. The minimum Gasteiger partial charge on any atom is -0.247 e. The number of hydrogen-bond donors (Lipinski definition) is 0. The Morgan fingerprint density at radius 2 is 0.447 bits per heavy atom. The Hall–Kier alpha value is -1.02. The lowest BCUT2D eigenvalue weighted by Gasteiger charge is -2.17. The van der Waals surface area contributed by atoms with Crippen molar-refractivity contribution in [2.45, 2.75) is 114 Å². The Morgan fingerprint density at radius 1 is 0.289 bits per heavy atom. The summed E-state index contributed by atoms with van der Waals surface area (Å²) in [6, 6.07) is 0. The molecular formula is C30H30Br2F6. The van der Waals surface area contributed by atoms with E-state index >= 15 is 8.78 Å². The molecule has 6 unspecified atom stereocenters. The molecule has 6 atom stereocenters. The van der Waals surface area contributed by atoms with E-state index in [2.05, 4.69) is 31.9 Å². The lowest BCUT2D eigenvalue weighted by molar-refractivity contribution is 0.338. The fourth-order valence-corrected chi connectivity index (χ4v) is 9.01. The molecule has 0 aliphatic heterocycles. The molecule has 0 saturated heterocycles. The van der Waals surface area contributed by atoms with Gasteiger partial charge in [-0.2, -0.15) is 0 Å². The van der Waals surface area contributed by atoms with Gasteiger partial charge in [-0.3, -0.25) is 0 Å². The van der Waals surface area contributed by atoms with Crippen LogP contribution in [-0.4, -0.2) is 37.0 Å². The van der Waals surface area contributed by atoms with Crippen molar-refractivity contribution in [3.63, 3.8) is 0 Å². The predicted octanol–water partition coefficient (Wildman–Crippen LogP) is 10.3. The second-order valence-corrected chi connectivity index (χ2v) is 13.5. The standard InChI is InChI=1S/C30H30Br2F6/c31-29-11-17(37)9-27(29)25-7-15(35)5-23(25)21-3-13(33)1-19(21)20-2-14(34)4-22(20)24-6-16(36)8-26(24)28-10-18(38)12-30(28)32/h13-18H,1-12H2. The molecule has 0 spiro atoms. The highest BCUT2D eigenvalue weighted by Crippen LogP contribution is 2.54. The summed E-state index contributed by atoms with van der Waals surface area (Å²) in [7, 11) is 0. The van der Waals surface area contributed by atoms with Gasteiger partial charge >= 0.3 is 0 Å². The fraction of sp³-hybridized carbons (Fsp3) is 0.600. The Balaban J connectivity index is 1.49. The third kappa shape index (κ3) is 4.88. The monoisotopic (exact) mass is 662 g/mol. The van der Waals surface area contributed by atoms with Crippen molar-refractivity contribution < 1.29 is 26.3 Å². The van der Waals surface area contributed by atoms with Gasteiger partial charge in [-0.1, -0.05) is 31.9 Å². The van der Waals surface area contributed by atoms with Gasteiger partial charge < -0.3 is 0 Å². The molecular weight excluding hydrogens is 634 g/mol. The quantitative estimate of drug-likeness (QED) is 0.257. The van der Waals surface area contributed by atoms with Crippen LogP contribution in [-0.2, 0) is 0 Å². The highest BCUT2D eigenvalue weighted by molar-refractivity contribution is 9.12. The van der Waals surface area contributed by atoms with Crippen LogP contribution in [0.15, 0.2) is 64.7 Å². The SMILES string of the molecule is FC1CC(Br)=C(C2=C(C3=C(C4=C(C5=C(C6=C(Br)CC(F)C6)CC(F)C5)CC(F)C4)CC(F)C3)CC(F)C2)C1. The van der Waals surface area contributed by atoms with Crippen LogP contribution in [0.2, 0.25) is 0 Å². The first-order valence-corrected chi connectivity index (χ1v) is 15.2. The largest absolute Gasteiger partial charge is 0.247 e. The predicted molar refractivity (Wildman–Crippen MR) is 145 cm³/mol. The van der Waals surface area contributed by atoms with Crippen LogP contribution >= 0.6 is 31.9 Å². The van der Waals surface area contributed by atoms with Gasteiger partial charge in [0.15, 0.2) is 0 Å². The van der Waals surface area contributed by atoms with Crippen molar-refractivity contribution in [1.29, 1.82) is 0 Å². The molecule has 0 amide bonds. The maximum atomic E-state index is 15.1. The zero-order valence-electron chi connectivity index (χ0n) is 21.0. The maximum Gasteiger partial charge on any atom is 0.109 e. The number of rotatable bonds is 5. The summed E-state index contributed by atoms with van der Waals surface area (Å²) in [5.41, 5.74) is 7.48. The Bertz CT molecular complexity index is 1160. The van der Waals surface area contributed by atoms with Gasteiger partial charge in [0.2, 0.25) is 0 Å². The van der Waals surface area contributed by atoms with E-state index < -0.39 is 37.0 Å². The first-order valence-electron chi connectivity index (χ1n) is 13.6. The highest BCUT2D eigenvalue weighted by Gasteiger charge is 2.41. The van der Waals surface area contributed by atoms with E-state index in [-0.39, 0.29) is 77.0 Å². The molecule has 38 heavy (non-hydrogen) atoms. The maximum absolute atomic E-state index is 15.1. The average molecular weight is 664 g/mol. The van der Waals surface area contributed by atoms with Crippen molar-refractivity contribution in [3.8, 4) is 0 Å². The molecule has 0 aromatic heterocycles. The Kier molecular flexibility index (Phi) is 7.45. The van der Waals surface area contributed by atoms with Crippen LogP contribution < -0.4 is 0 Å². The van der Waals surface area contributed by atoms with E-state index in [4.69, 9.17) is 0 Å². The molecule has 6 aliphatic rings. The fourth-order valence-electron chi connectivity index (χ4n) is 7.51. The zero-order valence-corrected chi connectivity index (χ0v) is 24.1. The van der Waals surface area contributed by atoms with E-state index in [9.17, 15) is 17.6 Å². The smallest absolute Gasteiger partial charge is 0.109 e. The van der Waals surface area contributed by atoms with Crippen LogP contribution in [0.1, 0.15) is 77.0 Å². The minimum atomic E-state index is -1.17. The normalized spacial score (nSPS) is 36.6. The molecule has 6 aliphatic carbocycles. The van der Waals surface area contributed by atoms with Crippen molar-refractivity contribution in [2.24, 2.45) is 0 Å². The summed E-state index contributed by atoms with van der Waals surface area (Å²) in [4.78, 5) is 0. The molecule has 0 saturated carbocycles. The van der Waals surface area contributed by atoms with Crippen LogP contribution in [0, 0.1) is 0 Å². The lowest BCUT2D eigenvalue weighted by atomic mass is 9.88. The van der Waals surface area contributed by atoms with Crippen LogP contribution in [0.25, 0.3) is 0 Å². The summed E-state index contributed by atoms with van der Waals surface area (Å²) in [6.07, 6.45) is -4.61. The third-order valence-electron chi connectivity index (χ3n) is 8.99. The second kappa shape index (κ2) is 10.4. The topological polar surface area (TPSA) is 0 Å². The minimum absolute atomic E-state index is 0.112. The molecule has 0 bridgehead atoms. The van der Waals surface area contributed by atoms with Gasteiger partial charge in [-0.25, -0.2) is 26.3 Å². The first-order chi connectivity index (χ1) is 18.1. The molecule has 0 aromatic rings. The second-order valence-electron chi connectivity index (χ2n) is 11.6. The van der Waals surface area contributed by atoms with Gasteiger partial charge in [-0.15, -0.1) is 0 Å². The van der Waals surface area contributed by atoms with E-state index in [1.807, 2.05) is 0 Å². The van der Waals surface area contributed by atoms with Gasteiger partial charge in [0.1, 0.15) is 37.0 Å². The van der Waals surface area contributed by atoms with Crippen molar-refractivity contribution in [2.75, 3.05) is 0 Å². The molecule has 0 radical (unpaired) electrons. The lowest BCUT2D eigenvalue weighted by Crippen LogP contribution is -2.00. The van der Waals surface area contributed by atoms with Crippen molar-refractivity contribution in [3.05, 3.63) is 64.7 Å². The van der Waals surface area contributed by atoms with Crippen LogP contribution in [0.5, 0.6) is 0 Å². The number of hydrogen-bond acceptors (Lipinski definition) is 0. The van der Waals surface area contributed by atoms with Crippen molar-refractivity contribution in [1.82, 2.24) is 0 Å². The highest BCUT2D eigenvalue weighted by atomic mass is 79.9. The Labute approximate surface area is 236 Å².